The molecule has 1 atom stereocenters. The van der Waals surface area contributed by atoms with Gasteiger partial charge in [0.05, 0.1) is 23.2 Å². The second kappa shape index (κ2) is 10.5. The van der Waals surface area contributed by atoms with Crippen LogP contribution < -0.4 is 15.4 Å². The molecule has 136 valence electrons. The lowest BCUT2D eigenvalue weighted by molar-refractivity contribution is -0.0236. The van der Waals surface area contributed by atoms with Gasteiger partial charge < -0.3 is 20.5 Å². The first-order valence-corrected chi connectivity index (χ1v) is 8.97. The standard InChI is InChI=1S/C17H26BrN3O2.HI/c1-3-19-16(21-12-17(22)9-6-10-17)20-11-13(2)23-15-8-5-4-7-14(15)18;/h4-5,7-8,13,22H,3,6,9-12H2,1-2H3,(H2,19,20,21);1H. The Balaban J connectivity index is 0.00000288. The van der Waals surface area contributed by atoms with Crippen LogP contribution in [0.5, 0.6) is 5.75 Å². The normalized spacial score (nSPS) is 17.2. The van der Waals surface area contributed by atoms with E-state index in [9.17, 15) is 5.11 Å². The molecule has 0 aliphatic heterocycles. The number of aliphatic imine (C=N–C) groups is 1. The number of ether oxygens (including phenoxy) is 1. The summed E-state index contributed by atoms with van der Waals surface area (Å²) < 4.78 is 6.85. The SMILES string of the molecule is CCNC(=NCC1(O)CCC1)NCC(C)Oc1ccccc1Br.I. The summed E-state index contributed by atoms with van der Waals surface area (Å²) in [6.07, 6.45) is 2.77. The van der Waals surface area contributed by atoms with E-state index in [0.29, 0.717) is 13.1 Å². The molecule has 0 amide bonds. The van der Waals surface area contributed by atoms with Crippen molar-refractivity contribution in [3.8, 4) is 5.75 Å². The fourth-order valence-corrected chi connectivity index (χ4v) is 2.73. The first-order chi connectivity index (χ1) is 11.0. The Morgan fingerprint density at radius 1 is 1.38 bits per heavy atom. The molecule has 3 N–H and O–H groups in total. The van der Waals surface area contributed by atoms with E-state index in [1.807, 2.05) is 38.1 Å². The summed E-state index contributed by atoms with van der Waals surface area (Å²) >= 11 is 3.48. The van der Waals surface area contributed by atoms with Crippen LogP contribution >= 0.6 is 39.9 Å². The van der Waals surface area contributed by atoms with E-state index in [1.54, 1.807) is 0 Å². The number of nitrogens with one attached hydrogen (secondary N) is 2. The molecule has 0 heterocycles. The van der Waals surface area contributed by atoms with E-state index < -0.39 is 5.60 Å². The van der Waals surface area contributed by atoms with Crippen LogP contribution in [0, 0.1) is 0 Å². The zero-order valence-corrected chi connectivity index (χ0v) is 18.1. The number of hydrogen-bond acceptors (Lipinski definition) is 3. The van der Waals surface area contributed by atoms with E-state index in [2.05, 4.69) is 31.6 Å². The fraction of sp³-hybridized carbons (Fsp3) is 0.588. The molecule has 1 aromatic rings. The Bertz CT molecular complexity index is 538. The third kappa shape index (κ3) is 6.76. The Labute approximate surface area is 169 Å². The summed E-state index contributed by atoms with van der Waals surface area (Å²) in [5.74, 6) is 1.54. The van der Waals surface area contributed by atoms with Crippen molar-refractivity contribution in [1.82, 2.24) is 10.6 Å². The van der Waals surface area contributed by atoms with Crippen LogP contribution in [-0.4, -0.2) is 42.4 Å². The molecule has 0 bridgehead atoms. The maximum absolute atomic E-state index is 10.1. The Morgan fingerprint density at radius 3 is 2.67 bits per heavy atom. The number of rotatable bonds is 7. The number of nitrogens with zero attached hydrogens (tertiary/aromatic N) is 1. The summed E-state index contributed by atoms with van der Waals surface area (Å²) in [7, 11) is 0. The van der Waals surface area contributed by atoms with Crippen molar-refractivity contribution in [3.05, 3.63) is 28.7 Å². The molecule has 1 unspecified atom stereocenters. The van der Waals surface area contributed by atoms with Crippen molar-refractivity contribution < 1.29 is 9.84 Å². The van der Waals surface area contributed by atoms with Crippen LogP contribution in [-0.2, 0) is 0 Å². The molecule has 2 rings (SSSR count). The monoisotopic (exact) mass is 511 g/mol. The zero-order chi connectivity index (χ0) is 16.7. The number of aliphatic hydroxyl groups is 1. The maximum Gasteiger partial charge on any atom is 0.191 e. The van der Waals surface area contributed by atoms with Gasteiger partial charge in [0, 0.05) is 6.54 Å². The molecular formula is C17H27BrIN3O2. The van der Waals surface area contributed by atoms with E-state index in [4.69, 9.17) is 4.74 Å². The van der Waals surface area contributed by atoms with Crippen LogP contribution in [0.3, 0.4) is 0 Å². The van der Waals surface area contributed by atoms with Crippen molar-refractivity contribution >= 4 is 45.9 Å². The first kappa shape index (κ1) is 21.5. The largest absolute Gasteiger partial charge is 0.488 e. The summed E-state index contributed by atoms with van der Waals surface area (Å²) in [6, 6.07) is 7.80. The number of guanidine groups is 1. The van der Waals surface area contributed by atoms with Gasteiger partial charge in [0.15, 0.2) is 5.96 Å². The van der Waals surface area contributed by atoms with Crippen LogP contribution in [0.25, 0.3) is 0 Å². The molecule has 0 saturated heterocycles. The lowest BCUT2D eigenvalue weighted by atomic mass is 9.80. The van der Waals surface area contributed by atoms with Gasteiger partial charge in [-0.3, -0.25) is 4.99 Å². The van der Waals surface area contributed by atoms with Gasteiger partial charge in [0.1, 0.15) is 11.9 Å². The second-order valence-corrected chi connectivity index (χ2v) is 6.87. The highest BCUT2D eigenvalue weighted by Gasteiger charge is 2.34. The van der Waals surface area contributed by atoms with Crippen molar-refractivity contribution in [2.45, 2.75) is 44.8 Å². The molecule has 24 heavy (non-hydrogen) atoms. The van der Waals surface area contributed by atoms with E-state index in [0.717, 1.165) is 42.0 Å². The minimum absolute atomic E-state index is 0. The average molecular weight is 512 g/mol. The number of para-hydroxylation sites is 1. The molecule has 1 aliphatic rings. The van der Waals surface area contributed by atoms with Gasteiger partial charge in [-0.25, -0.2) is 0 Å². The molecule has 5 nitrogen and oxygen atoms in total. The molecule has 1 aromatic carbocycles. The molecule has 1 saturated carbocycles. The third-order valence-corrected chi connectivity index (χ3v) is 4.54. The summed E-state index contributed by atoms with van der Waals surface area (Å²) in [5.41, 5.74) is -0.598. The Kier molecular flexibility index (Phi) is 9.36. The summed E-state index contributed by atoms with van der Waals surface area (Å²) in [6.45, 7) is 5.89. The first-order valence-electron chi connectivity index (χ1n) is 8.18. The predicted molar refractivity (Wildman–Crippen MR) is 112 cm³/mol. The molecule has 1 fully saturated rings. The molecule has 0 spiro atoms. The molecule has 7 heteroatoms. The van der Waals surface area contributed by atoms with Crippen molar-refractivity contribution in [2.24, 2.45) is 4.99 Å². The zero-order valence-electron chi connectivity index (χ0n) is 14.2. The molecule has 0 aromatic heterocycles. The molecule has 0 radical (unpaired) electrons. The quantitative estimate of drug-likeness (QED) is 0.298. The van der Waals surface area contributed by atoms with Crippen molar-refractivity contribution in [1.29, 1.82) is 0 Å². The molecular weight excluding hydrogens is 485 g/mol. The van der Waals surface area contributed by atoms with Gasteiger partial charge in [-0.1, -0.05) is 12.1 Å². The van der Waals surface area contributed by atoms with E-state index in [1.165, 1.54) is 0 Å². The summed E-state index contributed by atoms with van der Waals surface area (Å²) in [4.78, 5) is 4.48. The second-order valence-electron chi connectivity index (χ2n) is 6.01. The van der Waals surface area contributed by atoms with Crippen LogP contribution in [0.15, 0.2) is 33.7 Å². The Morgan fingerprint density at radius 2 is 2.08 bits per heavy atom. The van der Waals surface area contributed by atoms with Crippen LogP contribution in [0.1, 0.15) is 33.1 Å². The van der Waals surface area contributed by atoms with Crippen molar-refractivity contribution in [3.63, 3.8) is 0 Å². The van der Waals surface area contributed by atoms with Crippen LogP contribution in [0.2, 0.25) is 0 Å². The Hall–Kier alpha value is -0.540. The number of hydrogen-bond donors (Lipinski definition) is 3. The average Bonchev–Trinajstić information content (AvgIpc) is 2.50. The highest BCUT2D eigenvalue weighted by atomic mass is 127. The van der Waals surface area contributed by atoms with Gasteiger partial charge in [-0.2, -0.15) is 0 Å². The minimum atomic E-state index is -0.598. The number of benzene rings is 1. The van der Waals surface area contributed by atoms with E-state index >= 15 is 0 Å². The lowest BCUT2D eigenvalue weighted by Gasteiger charge is -2.35. The lowest BCUT2D eigenvalue weighted by Crippen LogP contribution is -2.45. The highest BCUT2D eigenvalue weighted by molar-refractivity contribution is 14.0. The minimum Gasteiger partial charge on any atom is -0.488 e. The van der Waals surface area contributed by atoms with E-state index in [-0.39, 0.29) is 30.1 Å². The van der Waals surface area contributed by atoms with Gasteiger partial charge in [0.2, 0.25) is 0 Å². The summed E-state index contributed by atoms with van der Waals surface area (Å²) in [5, 5.41) is 16.6. The van der Waals surface area contributed by atoms with Crippen molar-refractivity contribution in [2.75, 3.05) is 19.6 Å². The topological polar surface area (TPSA) is 65.9 Å². The van der Waals surface area contributed by atoms with Gasteiger partial charge in [-0.15, -0.1) is 24.0 Å². The number of halogens is 2. The maximum atomic E-state index is 10.1. The molecule has 1 aliphatic carbocycles. The van der Waals surface area contributed by atoms with Gasteiger partial charge in [-0.05, 0) is 61.2 Å². The highest BCUT2D eigenvalue weighted by Crippen LogP contribution is 2.31. The third-order valence-electron chi connectivity index (χ3n) is 3.88. The van der Waals surface area contributed by atoms with Crippen LogP contribution in [0.4, 0.5) is 0 Å². The van der Waals surface area contributed by atoms with Gasteiger partial charge in [0.25, 0.3) is 0 Å². The fourth-order valence-electron chi connectivity index (χ4n) is 2.35. The smallest absolute Gasteiger partial charge is 0.191 e. The van der Waals surface area contributed by atoms with Gasteiger partial charge >= 0.3 is 0 Å². The predicted octanol–water partition coefficient (Wildman–Crippen LogP) is 3.30.